The van der Waals surface area contributed by atoms with Crippen molar-refractivity contribution in [1.29, 1.82) is 0 Å². The van der Waals surface area contributed by atoms with Crippen LogP contribution in [0.4, 0.5) is 0 Å². The second-order valence-corrected chi connectivity index (χ2v) is 9.95. The minimum absolute atomic E-state index is 0.123. The minimum atomic E-state index is 0.123. The number of carbonyl (C=O) groups is 1. The van der Waals surface area contributed by atoms with Crippen molar-refractivity contribution in [1.82, 2.24) is 4.90 Å². The number of nitrogens with zero attached hydrogens (tertiary/aromatic N) is 1. The molecule has 2 heteroatoms. The molecule has 2 aromatic carbocycles. The SMILES string of the molecule is CC(CN1CCCCC1CCC1CCCCC1)c1cccc(C(=O)c2ccccc2)c1. The van der Waals surface area contributed by atoms with Crippen molar-refractivity contribution in [2.24, 2.45) is 5.92 Å². The number of rotatable bonds is 8. The zero-order valence-electron chi connectivity index (χ0n) is 19.3. The number of hydrogen-bond acceptors (Lipinski definition) is 2. The lowest BCUT2D eigenvalue weighted by molar-refractivity contribution is 0.103. The van der Waals surface area contributed by atoms with E-state index in [9.17, 15) is 4.79 Å². The Kier molecular flexibility index (Phi) is 7.97. The fourth-order valence-electron chi connectivity index (χ4n) is 5.73. The first-order valence-corrected chi connectivity index (χ1v) is 12.6. The van der Waals surface area contributed by atoms with E-state index in [0.717, 1.165) is 29.6 Å². The molecule has 2 nitrogen and oxygen atoms in total. The van der Waals surface area contributed by atoms with Crippen molar-refractivity contribution in [2.75, 3.05) is 13.1 Å². The molecule has 166 valence electrons. The first-order valence-electron chi connectivity index (χ1n) is 12.6. The predicted octanol–water partition coefficient (Wildman–Crippen LogP) is 7.24. The van der Waals surface area contributed by atoms with Gasteiger partial charge in [0.1, 0.15) is 0 Å². The quantitative estimate of drug-likeness (QED) is 0.422. The molecule has 1 aliphatic heterocycles. The molecule has 2 unspecified atom stereocenters. The Bertz CT molecular complexity index is 824. The van der Waals surface area contributed by atoms with Gasteiger partial charge in [0.2, 0.25) is 0 Å². The number of benzene rings is 2. The fourth-order valence-corrected chi connectivity index (χ4v) is 5.73. The lowest BCUT2D eigenvalue weighted by atomic mass is 9.84. The highest BCUT2D eigenvalue weighted by Gasteiger charge is 2.25. The van der Waals surface area contributed by atoms with Crippen LogP contribution in [0.25, 0.3) is 0 Å². The molecule has 0 spiro atoms. The summed E-state index contributed by atoms with van der Waals surface area (Å²) >= 11 is 0. The van der Waals surface area contributed by atoms with Crippen LogP contribution in [0.5, 0.6) is 0 Å². The summed E-state index contributed by atoms with van der Waals surface area (Å²) in [6.07, 6.45) is 14.2. The van der Waals surface area contributed by atoms with Crippen LogP contribution in [0, 0.1) is 5.92 Å². The Hall–Kier alpha value is -1.93. The van der Waals surface area contributed by atoms with E-state index in [1.807, 2.05) is 36.4 Å². The van der Waals surface area contributed by atoms with Gasteiger partial charge in [0.25, 0.3) is 0 Å². The van der Waals surface area contributed by atoms with E-state index in [-0.39, 0.29) is 5.78 Å². The highest BCUT2D eigenvalue weighted by atomic mass is 16.1. The van der Waals surface area contributed by atoms with Gasteiger partial charge in [-0.2, -0.15) is 0 Å². The van der Waals surface area contributed by atoms with Crippen molar-refractivity contribution in [3.05, 3.63) is 71.3 Å². The standard InChI is InChI=1S/C29H39NO/c1-23(26-15-10-16-27(21-26)29(31)25-13-6-3-7-14-25)22-30-20-9-8-17-28(30)19-18-24-11-4-2-5-12-24/h3,6-7,10,13-16,21,23-24,28H,2,4-5,8-9,11-12,17-20,22H2,1H3. The molecule has 1 heterocycles. The van der Waals surface area contributed by atoms with Crippen molar-refractivity contribution < 1.29 is 4.79 Å². The molecule has 2 atom stereocenters. The Morgan fingerprint density at radius 1 is 0.871 bits per heavy atom. The van der Waals surface area contributed by atoms with Gasteiger partial charge in [-0.3, -0.25) is 9.69 Å². The van der Waals surface area contributed by atoms with Gasteiger partial charge in [0, 0.05) is 23.7 Å². The maximum atomic E-state index is 12.9. The molecule has 0 aromatic heterocycles. The van der Waals surface area contributed by atoms with Crippen molar-refractivity contribution in [2.45, 2.75) is 83.1 Å². The molecule has 31 heavy (non-hydrogen) atoms. The summed E-state index contributed by atoms with van der Waals surface area (Å²) in [5.74, 6) is 1.55. The molecule has 4 rings (SSSR count). The largest absolute Gasteiger partial charge is 0.300 e. The summed E-state index contributed by atoms with van der Waals surface area (Å²) < 4.78 is 0. The van der Waals surface area contributed by atoms with Gasteiger partial charge in [-0.15, -0.1) is 0 Å². The summed E-state index contributed by atoms with van der Waals surface area (Å²) in [5.41, 5.74) is 2.87. The highest BCUT2D eigenvalue weighted by molar-refractivity contribution is 6.09. The molecule has 0 N–H and O–H groups in total. The molecule has 0 radical (unpaired) electrons. The van der Waals surface area contributed by atoms with Crippen molar-refractivity contribution >= 4 is 5.78 Å². The summed E-state index contributed by atoms with van der Waals surface area (Å²) in [4.78, 5) is 15.7. The second-order valence-electron chi connectivity index (χ2n) is 9.95. The van der Waals surface area contributed by atoms with Crippen LogP contribution in [-0.4, -0.2) is 29.8 Å². The van der Waals surface area contributed by atoms with Crippen LogP contribution in [0.15, 0.2) is 54.6 Å². The molecule has 0 bridgehead atoms. The fraction of sp³-hybridized carbons (Fsp3) is 0.552. The molecular weight excluding hydrogens is 378 g/mol. The molecule has 2 aliphatic rings. The van der Waals surface area contributed by atoms with Gasteiger partial charge in [-0.05, 0) is 55.7 Å². The number of likely N-dealkylation sites (tertiary alicyclic amines) is 1. The van der Waals surface area contributed by atoms with Gasteiger partial charge in [0.15, 0.2) is 5.78 Å². The van der Waals surface area contributed by atoms with Crippen LogP contribution in [-0.2, 0) is 0 Å². The third-order valence-corrected chi connectivity index (χ3v) is 7.64. The average molecular weight is 418 g/mol. The van der Waals surface area contributed by atoms with Crippen LogP contribution in [0.3, 0.4) is 0 Å². The molecule has 1 saturated carbocycles. The van der Waals surface area contributed by atoms with Crippen LogP contribution in [0.1, 0.15) is 98.5 Å². The highest BCUT2D eigenvalue weighted by Crippen LogP contribution is 2.31. The van der Waals surface area contributed by atoms with Gasteiger partial charge >= 0.3 is 0 Å². The number of carbonyl (C=O) groups excluding carboxylic acids is 1. The van der Waals surface area contributed by atoms with Gasteiger partial charge in [0.05, 0.1) is 0 Å². The summed E-state index contributed by atoms with van der Waals surface area (Å²) in [6.45, 7) is 4.68. The normalized spacial score (nSPS) is 21.6. The number of piperidine rings is 1. The summed E-state index contributed by atoms with van der Waals surface area (Å²) in [7, 11) is 0. The molecule has 2 aromatic rings. The van der Waals surface area contributed by atoms with Gasteiger partial charge in [-0.1, -0.05) is 94.0 Å². The maximum absolute atomic E-state index is 12.9. The van der Waals surface area contributed by atoms with E-state index >= 15 is 0 Å². The number of ketones is 1. The zero-order valence-corrected chi connectivity index (χ0v) is 19.3. The monoisotopic (exact) mass is 417 g/mol. The minimum Gasteiger partial charge on any atom is -0.300 e. The van der Waals surface area contributed by atoms with Gasteiger partial charge < -0.3 is 0 Å². The average Bonchev–Trinajstić information content (AvgIpc) is 2.84. The molecular formula is C29H39NO. The smallest absolute Gasteiger partial charge is 0.193 e. The van der Waals surface area contributed by atoms with E-state index in [1.165, 1.54) is 76.3 Å². The lowest BCUT2D eigenvalue weighted by Crippen LogP contribution is -2.41. The molecule has 1 aliphatic carbocycles. The third kappa shape index (κ3) is 6.07. The van der Waals surface area contributed by atoms with E-state index in [2.05, 4.69) is 30.0 Å². The Balaban J connectivity index is 1.38. The summed E-state index contributed by atoms with van der Waals surface area (Å²) in [6, 6.07) is 18.7. The molecule has 2 fully saturated rings. The Labute approximate surface area is 189 Å². The topological polar surface area (TPSA) is 20.3 Å². The first-order chi connectivity index (χ1) is 15.2. The van der Waals surface area contributed by atoms with Crippen LogP contribution in [0.2, 0.25) is 0 Å². The Morgan fingerprint density at radius 2 is 1.61 bits per heavy atom. The van der Waals surface area contributed by atoms with Crippen LogP contribution >= 0.6 is 0 Å². The van der Waals surface area contributed by atoms with E-state index in [1.54, 1.807) is 0 Å². The molecule has 0 amide bonds. The van der Waals surface area contributed by atoms with E-state index in [4.69, 9.17) is 0 Å². The Morgan fingerprint density at radius 3 is 2.42 bits per heavy atom. The second kappa shape index (κ2) is 11.1. The maximum Gasteiger partial charge on any atom is 0.193 e. The van der Waals surface area contributed by atoms with Crippen molar-refractivity contribution in [3.8, 4) is 0 Å². The predicted molar refractivity (Wildman–Crippen MR) is 130 cm³/mol. The lowest BCUT2D eigenvalue weighted by Gasteiger charge is -2.38. The van der Waals surface area contributed by atoms with E-state index < -0.39 is 0 Å². The number of hydrogen-bond donors (Lipinski definition) is 0. The molecule has 1 saturated heterocycles. The van der Waals surface area contributed by atoms with Gasteiger partial charge in [-0.25, -0.2) is 0 Å². The van der Waals surface area contributed by atoms with Crippen LogP contribution < -0.4 is 0 Å². The summed E-state index contributed by atoms with van der Waals surface area (Å²) in [5, 5.41) is 0. The first kappa shape index (κ1) is 22.3. The van der Waals surface area contributed by atoms with E-state index in [0.29, 0.717) is 5.92 Å². The van der Waals surface area contributed by atoms with Crippen molar-refractivity contribution in [3.63, 3.8) is 0 Å². The third-order valence-electron chi connectivity index (χ3n) is 7.64. The zero-order chi connectivity index (χ0) is 21.5.